The van der Waals surface area contributed by atoms with Gasteiger partial charge in [-0.2, -0.15) is 0 Å². The maximum Gasteiger partial charge on any atom is 0.332 e. The summed E-state index contributed by atoms with van der Waals surface area (Å²) >= 11 is 0. The fourth-order valence-electron chi connectivity index (χ4n) is 2.95. The minimum Gasteiger partial charge on any atom is -0.467 e. The number of imide groups is 1. The van der Waals surface area contributed by atoms with E-state index in [0.717, 1.165) is 10.5 Å². The Bertz CT molecular complexity index is 814. The summed E-state index contributed by atoms with van der Waals surface area (Å²) in [6.45, 7) is 5.05. The van der Waals surface area contributed by atoms with Crippen LogP contribution in [0.5, 0.6) is 0 Å². The molecular formula is C19H21N3O4. The van der Waals surface area contributed by atoms with Crippen molar-refractivity contribution >= 4 is 23.5 Å². The first-order valence-electron chi connectivity index (χ1n) is 8.42. The molecule has 2 heterocycles. The predicted octanol–water partition coefficient (Wildman–Crippen LogP) is 2.62. The van der Waals surface area contributed by atoms with E-state index in [1.807, 2.05) is 19.1 Å². The highest BCUT2D eigenvalue weighted by molar-refractivity contribution is 6.15. The smallest absolute Gasteiger partial charge is 0.332 e. The van der Waals surface area contributed by atoms with E-state index in [0.29, 0.717) is 11.4 Å². The molecule has 0 bridgehead atoms. The minimum atomic E-state index is -0.652. The summed E-state index contributed by atoms with van der Waals surface area (Å²) in [6.07, 6.45) is 1.52. The summed E-state index contributed by atoms with van der Waals surface area (Å²) in [5.41, 5.74) is 1.69. The maximum atomic E-state index is 12.7. The first kappa shape index (κ1) is 17.7. The normalized spacial score (nSPS) is 18.3. The van der Waals surface area contributed by atoms with Gasteiger partial charge < -0.3 is 9.73 Å². The molecule has 1 saturated heterocycles. The van der Waals surface area contributed by atoms with Crippen molar-refractivity contribution in [3.05, 3.63) is 54.0 Å². The average molecular weight is 355 g/mol. The topological polar surface area (TPSA) is 82.9 Å². The van der Waals surface area contributed by atoms with Gasteiger partial charge in [0, 0.05) is 5.69 Å². The van der Waals surface area contributed by atoms with E-state index in [4.69, 9.17) is 4.42 Å². The number of amides is 4. The molecule has 7 nitrogen and oxygen atoms in total. The van der Waals surface area contributed by atoms with Gasteiger partial charge in [0.15, 0.2) is 0 Å². The molecule has 1 aromatic carbocycles. The second-order valence-electron chi connectivity index (χ2n) is 6.39. The lowest BCUT2D eigenvalue weighted by Gasteiger charge is -2.19. The van der Waals surface area contributed by atoms with Crippen molar-refractivity contribution in [2.45, 2.75) is 32.9 Å². The SMILES string of the molecule is Cc1ccc(N2C(=O)N(CC(=O)N[C@@H](C)c3ccco3)C(=O)[C@@H]2C)cc1. The molecule has 0 radical (unpaired) electrons. The van der Waals surface area contributed by atoms with Gasteiger partial charge in [-0.05, 0) is 45.0 Å². The third kappa shape index (κ3) is 3.33. The summed E-state index contributed by atoms with van der Waals surface area (Å²) in [7, 11) is 0. The van der Waals surface area contributed by atoms with Crippen LogP contribution in [0.4, 0.5) is 10.5 Å². The summed E-state index contributed by atoms with van der Waals surface area (Å²) in [6, 6.07) is 9.31. The molecule has 2 aromatic rings. The Balaban J connectivity index is 1.70. The van der Waals surface area contributed by atoms with Crippen molar-refractivity contribution in [1.29, 1.82) is 0 Å². The van der Waals surface area contributed by atoms with Crippen LogP contribution in [-0.4, -0.2) is 35.3 Å². The number of rotatable bonds is 5. The Kier molecular flexibility index (Phi) is 4.79. The lowest BCUT2D eigenvalue weighted by molar-refractivity contribution is -0.132. The van der Waals surface area contributed by atoms with Gasteiger partial charge in [-0.3, -0.25) is 19.4 Å². The number of benzene rings is 1. The molecule has 3 rings (SSSR count). The zero-order chi connectivity index (χ0) is 18.8. The maximum absolute atomic E-state index is 12.7. The average Bonchev–Trinajstić information content (AvgIpc) is 3.21. The van der Waals surface area contributed by atoms with Crippen LogP contribution in [0.1, 0.15) is 31.2 Å². The van der Waals surface area contributed by atoms with Crippen molar-refractivity contribution in [3.63, 3.8) is 0 Å². The summed E-state index contributed by atoms with van der Waals surface area (Å²) in [4.78, 5) is 39.8. The fraction of sp³-hybridized carbons (Fsp3) is 0.316. The van der Waals surface area contributed by atoms with E-state index >= 15 is 0 Å². The van der Waals surface area contributed by atoms with Gasteiger partial charge in [-0.25, -0.2) is 4.79 Å². The third-order valence-electron chi connectivity index (χ3n) is 4.41. The number of hydrogen-bond donors (Lipinski definition) is 1. The first-order chi connectivity index (χ1) is 12.4. The Labute approximate surface area is 151 Å². The van der Waals surface area contributed by atoms with Crippen molar-refractivity contribution < 1.29 is 18.8 Å². The highest BCUT2D eigenvalue weighted by Crippen LogP contribution is 2.26. The fourth-order valence-corrected chi connectivity index (χ4v) is 2.95. The molecule has 2 atom stereocenters. The number of nitrogens with zero attached hydrogens (tertiary/aromatic N) is 2. The molecule has 0 unspecified atom stereocenters. The Morgan fingerprint density at radius 3 is 2.54 bits per heavy atom. The summed E-state index contributed by atoms with van der Waals surface area (Å²) in [5, 5.41) is 2.73. The van der Waals surface area contributed by atoms with Crippen LogP contribution in [0.25, 0.3) is 0 Å². The zero-order valence-corrected chi connectivity index (χ0v) is 14.9. The van der Waals surface area contributed by atoms with Crippen LogP contribution in [0.15, 0.2) is 47.1 Å². The van der Waals surface area contributed by atoms with Gasteiger partial charge in [0.05, 0.1) is 12.3 Å². The lowest BCUT2D eigenvalue weighted by atomic mass is 10.2. The molecule has 1 aromatic heterocycles. The standard InChI is InChI=1S/C19H21N3O4/c1-12-6-8-15(9-7-12)22-14(3)18(24)21(19(22)25)11-17(23)20-13(2)16-5-4-10-26-16/h4-10,13-14H,11H2,1-3H3,(H,20,23)/t13-,14-/m0/s1. The monoisotopic (exact) mass is 355 g/mol. The van der Waals surface area contributed by atoms with Crippen LogP contribution < -0.4 is 10.2 Å². The third-order valence-corrected chi connectivity index (χ3v) is 4.41. The van der Waals surface area contributed by atoms with Crippen molar-refractivity contribution in [3.8, 4) is 0 Å². The van der Waals surface area contributed by atoms with E-state index in [1.54, 1.807) is 38.1 Å². The number of nitrogens with one attached hydrogen (secondary N) is 1. The van der Waals surface area contributed by atoms with Crippen LogP contribution >= 0.6 is 0 Å². The van der Waals surface area contributed by atoms with Crippen molar-refractivity contribution in [2.75, 3.05) is 11.4 Å². The van der Waals surface area contributed by atoms with Gasteiger partial charge >= 0.3 is 6.03 Å². The summed E-state index contributed by atoms with van der Waals surface area (Å²) < 4.78 is 5.24. The molecule has 26 heavy (non-hydrogen) atoms. The number of urea groups is 1. The molecular weight excluding hydrogens is 334 g/mol. The zero-order valence-electron chi connectivity index (χ0n) is 14.9. The lowest BCUT2D eigenvalue weighted by Crippen LogP contribution is -2.42. The van der Waals surface area contributed by atoms with Crippen LogP contribution in [-0.2, 0) is 9.59 Å². The van der Waals surface area contributed by atoms with Crippen LogP contribution in [0, 0.1) is 6.92 Å². The molecule has 1 aliphatic heterocycles. The van der Waals surface area contributed by atoms with Gasteiger partial charge in [0.1, 0.15) is 18.3 Å². The predicted molar refractivity (Wildman–Crippen MR) is 95.5 cm³/mol. The second kappa shape index (κ2) is 7.03. The molecule has 1 fully saturated rings. The Morgan fingerprint density at radius 2 is 1.92 bits per heavy atom. The van der Waals surface area contributed by atoms with E-state index in [-0.39, 0.29) is 12.6 Å². The molecule has 0 aliphatic carbocycles. The van der Waals surface area contributed by atoms with Gasteiger partial charge in [0.2, 0.25) is 5.91 Å². The second-order valence-corrected chi connectivity index (χ2v) is 6.39. The van der Waals surface area contributed by atoms with Crippen molar-refractivity contribution in [1.82, 2.24) is 10.2 Å². The first-order valence-corrected chi connectivity index (χ1v) is 8.42. The number of carbonyl (C=O) groups excluding carboxylic acids is 3. The van der Waals surface area contributed by atoms with E-state index < -0.39 is 23.9 Å². The van der Waals surface area contributed by atoms with Crippen LogP contribution in [0.2, 0.25) is 0 Å². The number of furan rings is 1. The molecule has 0 saturated carbocycles. The largest absolute Gasteiger partial charge is 0.467 e. The molecule has 1 aliphatic rings. The Hall–Kier alpha value is -3.09. The van der Waals surface area contributed by atoms with Gasteiger partial charge in [-0.1, -0.05) is 17.7 Å². The molecule has 4 amide bonds. The highest BCUT2D eigenvalue weighted by atomic mass is 16.3. The number of aryl methyl sites for hydroxylation is 1. The van der Waals surface area contributed by atoms with Gasteiger partial charge in [-0.15, -0.1) is 0 Å². The minimum absolute atomic E-state index is 0.324. The summed E-state index contributed by atoms with van der Waals surface area (Å²) in [5.74, 6) is -0.211. The number of hydrogen-bond acceptors (Lipinski definition) is 4. The quantitative estimate of drug-likeness (QED) is 0.836. The van der Waals surface area contributed by atoms with E-state index in [9.17, 15) is 14.4 Å². The highest BCUT2D eigenvalue weighted by Gasteiger charge is 2.44. The molecule has 0 spiro atoms. The van der Waals surface area contributed by atoms with Crippen molar-refractivity contribution in [2.24, 2.45) is 0 Å². The molecule has 136 valence electrons. The van der Waals surface area contributed by atoms with Gasteiger partial charge in [0.25, 0.3) is 5.91 Å². The van der Waals surface area contributed by atoms with Crippen LogP contribution in [0.3, 0.4) is 0 Å². The number of carbonyl (C=O) groups is 3. The Morgan fingerprint density at radius 1 is 1.23 bits per heavy atom. The number of anilines is 1. The van der Waals surface area contributed by atoms with E-state index in [1.165, 1.54) is 11.2 Å². The van der Waals surface area contributed by atoms with E-state index in [2.05, 4.69) is 5.32 Å². The molecule has 1 N–H and O–H groups in total. The molecule has 7 heteroatoms.